The number of nitrogens with zero attached hydrogens (tertiary/aromatic N) is 2. The van der Waals surface area contributed by atoms with Crippen molar-refractivity contribution in [3.8, 4) is 16.8 Å². The highest BCUT2D eigenvalue weighted by atomic mass is 15.1. The molecule has 0 amide bonds. The van der Waals surface area contributed by atoms with Gasteiger partial charge in [0.15, 0.2) is 0 Å². The van der Waals surface area contributed by atoms with Crippen LogP contribution in [0.5, 0.6) is 0 Å². The van der Waals surface area contributed by atoms with Gasteiger partial charge in [-0.15, -0.1) is 0 Å². The summed E-state index contributed by atoms with van der Waals surface area (Å²) in [5, 5.41) is 2.60. The molecule has 0 aliphatic heterocycles. The molecule has 0 saturated heterocycles. The second-order valence-corrected chi connectivity index (χ2v) is 7.07. The van der Waals surface area contributed by atoms with Gasteiger partial charge in [-0.25, -0.2) is 4.98 Å². The number of hydrogen-bond donors (Lipinski definition) is 0. The van der Waals surface area contributed by atoms with Crippen molar-refractivity contribution < 1.29 is 11.0 Å². The number of imidazole rings is 1. The molecule has 142 valence electrons. The van der Waals surface area contributed by atoms with Crippen molar-refractivity contribution >= 4 is 32.6 Å². The van der Waals surface area contributed by atoms with E-state index in [2.05, 4.69) is 4.98 Å². The summed E-state index contributed by atoms with van der Waals surface area (Å²) in [6.45, 7) is -2.51. The van der Waals surface area contributed by atoms with E-state index >= 15 is 0 Å². The molecular weight excluding hydrogens is 364 g/mol. The first-order chi connectivity index (χ1) is 18.1. The smallest absolute Gasteiger partial charge is 0.111 e. The molecule has 5 aromatic carbocycles. The Bertz CT molecular complexity index is 1840. The number of para-hydroxylation sites is 2. The first kappa shape index (κ1) is 10.7. The lowest BCUT2D eigenvalue weighted by atomic mass is 9.90. The maximum Gasteiger partial charge on any atom is 0.111 e. The molecule has 0 bridgehead atoms. The van der Waals surface area contributed by atoms with Crippen LogP contribution in [0.3, 0.4) is 0 Å². The quantitative estimate of drug-likeness (QED) is 0.283. The molecule has 0 radical (unpaired) electrons. The molecule has 6 aromatic rings. The van der Waals surface area contributed by atoms with E-state index in [1.54, 1.807) is 16.7 Å². The Balaban J connectivity index is 1.88. The minimum absolute atomic E-state index is 0.0791. The van der Waals surface area contributed by atoms with Crippen LogP contribution in [-0.4, -0.2) is 9.55 Å². The molecule has 0 unspecified atom stereocenters. The van der Waals surface area contributed by atoms with Gasteiger partial charge in [0, 0.05) is 14.9 Å². The van der Waals surface area contributed by atoms with Gasteiger partial charge < -0.3 is 0 Å². The number of hydrogen-bond acceptors (Lipinski definition) is 1. The molecule has 1 aromatic heterocycles. The fourth-order valence-electron chi connectivity index (χ4n) is 4.24. The molecule has 6 rings (SSSR count). The number of aryl methyl sites for hydroxylation is 1. The highest BCUT2D eigenvalue weighted by Gasteiger charge is 2.18. The van der Waals surface area contributed by atoms with Crippen LogP contribution in [0.4, 0.5) is 0 Å². The molecule has 0 N–H and O–H groups in total. The average Bonchev–Trinajstić information content (AvgIpc) is 3.30. The summed E-state index contributed by atoms with van der Waals surface area (Å²) < 4.78 is 68.4. The van der Waals surface area contributed by atoms with Crippen LogP contribution in [0.1, 0.15) is 16.8 Å². The predicted octanol–water partition coefficient (Wildman–Crippen LogP) is 7.31. The third-order valence-corrected chi connectivity index (χ3v) is 5.44. The fraction of sp³-hybridized carbons (Fsp3) is 0.0357. The van der Waals surface area contributed by atoms with Crippen molar-refractivity contribution in [1.29, 1.82) is 0 Å². The van der Waals surface area contributed by atoms with Crippen LogP contribution in [0.25, 0.3) is 49.4 Å². The van der Waals surface area contributed by atoms with Crippen molar-refractivity contribution in [2.24, 2.45) is 0 Å². The Morgan fingerprint density at radius 1 is 0.733 bits per heavy atom. The Morgan fingerprint density at radius 3 is 2.00 bits per heavy atom. The summed E-state index contributed by atoms with van der Waals surface area (Å²) in [7, 11) is 0. The fourth-order valence-corrected chi connectivity index (χ4v) is 4.24. The maximum atomic E-state index is 8.68. The van der Waals surface area contributed by atoms with E-state index in [-0.39, 0.29) is 23.5 Å². The number of rotatable bonds is 2. The molecule has 0 saturated carbocycles. The summed E-state index contributed by atoms with van der Waals surface area (Å²) in [4.78, 5) is 4.49. The topological polar surface area (TPSA) is 17.8 Å². The highest BCUT2D eigenvalue weighted by Crippen LogP contribution is 2.41. The van der Waals surface area contributed by atoms with Crippen LogP contribution in [0, 0.1) is 6.85 Å². The van der Waals surface area contributed by atoms with Crippen molar-refractivity contribution in [1.82, 2.24) is 9.55 Å². The minimum atomic E-state index is -2.51. The first-order valence-electron chi connectivity index (χ1n) is 13.6. The molecule has 0 atom stereocenters. The Morgan fingerprint density at radius 2 is 1.33 bits per heavy atom. The van der Waals surface area contributed by atoms with Gasteiger partial charge in [-0.3, -0.25) is 4.57 Å². The SMILES string of the molecule is [2H]c1c([2H])c([2H])c(-c2c3ccccc3c(-n3c(C([2H])([2H])[2H])nc4ccccc43)c3ccccc23)c([2H])c1[2H]. The summed E-state index contributed by atoms with van der Waals surface area (Å²) in [6, 6.07) is 20.0. The van der Waals surface area contributed by atoms with Gasteiger partial charge in [0.25, 0.3) is 0 Å². The van der Waals surface area contributed by atoms with E-state index in [9.17, 15) is 0 Å². The summed E-state index contributed by atoms with van der Waals surface area (Å²) in [6.07, 6.45) is 0. The molecular formula is C28H20N2. The minimum Gasteiger partial charge on any atom is -0.295 e. The molecule has 1 heterocycles. The van der Waals surface area contributed by atoms with E-state index in [1.807, 2.05) is 60.7 Å². The number of benzene rings is 5. The normalized spacial score (nSPS) is 15.7. The average molecular weight is 393 g/mol. The largest absolute Gasteiger partial charge is 0.295 e. The first-order valence-corrected chi connectivity index (χ1v) is 9.60. The maximum absolute atomic E-state index is 8.68. The van der Waals surface area contributed by atoms with Crippen LogP contribution >= 0.6 is 0 Å². The van der Waals surface area contributed by atoms with E-state index < -0.39 is 25.0 Å². The van der Waals surface area contributed by atoms with Crippen molar-refractivity contribution in [3.63, 3.8) is 0 Å². The summed E-state index contributed by atoms with van der Waals surface area (Å²) in [5.41, 5.74) is 2.37. The third-order valence-electron chi connectivity index (χ3n) is 5.44. The van der Waals surface area contributed by atoms with Gasteiger partial charge in [0.2, 0.25) is 0 Å². The van der Waals surface area contributed by atoms with Crippen molar-refractivity contribution in [2.75, 3.05) is 0 Å². The van der Waals surface area contributed by atoms with Gasteiger partial charge in [0.1, 0.15) is 5.82 Å². The van der Waals surface area contributed by atoms with E-state index in [0.29, 0.717) is 43.8 Å². The molecule has 0 fully saturated rings. The third kappa shape index (κ3) is 2.40. The monoisotopic (exact) mass is 392 g/mol. The molecule has 0 aliphatic rings. The molecule has 2 nitrogen and oxygen atoms in total. The number of aromatic nitrogens is 2. The standard InChI is InChI=1S/C28H20N2/c1-19-29-25-17-9-10-18-26(25)30(19)28-23-15-7-5-13-21(23)27(20-11-3-2-4-12-20)22-14-6-8-16-24(22)28/h2-18H,1H3/i1D3,2D,3D,4D,11D,12D. The Labute approximate surface area is 186 Å². The van der Waals surface area contributed by atoms with E-state index in [1.165, 1.54) is 0 Å². The zero-order valence-corrected chi connectivity index (χ0v) is 15.8. The zero-order chi connectivity index (χ0) is 26.9. The predicted molar refractivity (Wildman–Crippen MR) is 126 cm³/mol. The number of fused-ring (bicyclic) bond motifs is 3. The van der Waals surface area contributed by atoms with Crippen LogP contribution < -0.4 is 0 Å². The van der Waals surface area contributed by atoms with Crippen molar-refractivity contribution in [3.05, 3.63) is 109 Å². The lowest BCUT2D eigenvalue weighted by Gasteiger charge is -2.19. The van der Waals surface area contributed by atoms with Crippen LogP contribution in [0.15, 0.2) is 103 Å². The summed E-state index contributed by atoms with van der Waals surface area (Å²) in [5.74, 6) is -0.0791. The van der Waals surface area contributed by atoms with Gasteiger partial charge in [-0.2, -0.15) is 0 Å². The van der Waals surface area contributed by atoms with Gasteiger partial charge >= 0.3 is 0 Å². The van der Waals surface area contributed by atoms with E-state index in [4.69, 9.17) is 11.0 Å². The van der Waals surface area contributed by atoms with Crippen LogP contribution in [0.2, 0.25) is 0 Å². The summed E-state index contributed by atoms with van der Waals surface area (Å²) >= 11 is 0. The second-order valence-electron chi connectivity index (χ2n) is 7.07. The molecule has 30 heavy (non-hydrogen) atoms. The van der Waals surface area contributed by atoms with E-state index in [0.717, 1.165) is 0 Å². The van der Waals surface area contributed by atoms with Gasteiger partial charge in [0.05, 0.1) is 23.6 Å². The zero-order valence-electron chi connectivity index (χ0n) is 23.8. The lowest BCUT2D eigenvalue weighted by Crippen LogP contribution is -2.01. The molecule has 0 spiro atoms. The van der Waals surface area contributed by atoms with Gasteiger partial charge in [-0.1, -0.05) is 90.9 Å². The molecule has 0 aliphatic carbocycles. The van der Waals surface area contributed by atoms with Gasteiger partial charge in [-0.05, 0) is 40.9 Å². The Hall–Kier alpha value is -3.91. The lowest BCUT2D eigenvalue weighted by molar-refractivity contribution is 1.02. The second kappa shape index (κ2) is 6.57. The highest BCUT2D eigenvalue weighted by molar-refractivity contribution is 6.18. The molecule has 2 heteroatoms. The van der Waals surface area contributed by atoms with Crippen LogP contribution in [-0.2, 0) is 0 Å². The Kier molecular flexibility index (Phi) is 2.35. The van der Waals surface area contributed by atoms with Crippen molar-refractivity contribution in [2.45, 2.75) is 6.85 Å².